The molecule has 1 heterocycles. The lowest BCUT2D eigenvalue weighted by Gasteiger charge is -2.26. The van der Waals surface area contributed by atoms with Crippen LogP contribution < -0.4 is 16.4 Å². The fourth-order valence-electron chi connectivity index (χ4n) is 2.50. The molecule has 0 radical (unpaired) electrons. The first-order valence-electron chi connectivity index (χ1n) is 8.68. The highest BCUT2D eigenvalue weighted by Crippen LogP contribution is 2.12. The zero-order valence-electron chi connectivity index (χ0n) is 15.8. The van der Waals surface area contributed by atoms with Crippen molar-refractivity contribution in [3.8, 4) is 0 Å². The molecule has 0 unspecified atom stereocenters. The van der Waals surface area contributed by atoms with Crippen molar-refractivity contribution in [3.05, 3.63) is 29.8 Å². The highest BCUT2D eigenvalue weighted by atomic mass is 35.5. The number of carbonyl (C=O) groups excluding carboxylic acids is 2. The third kappa shape index (κ3) is 8.90. The van der Waals surface area contributed by atoms with Crippen molar-refractivity contribution >= 4 is 42.3 Å². The lowest BCUT2D eigenvalue weighted by molar-refractivity contribution is -0.125. The zero-order valence-corrected chi connectivity index (χ0v) is 17.4. The van der Waals surface area contributed by atoms with Gasteiger partial charge in [-0.05, 0) is 23.6 Å². The van der Waals surface area contributed by atoms with E-state index < -0.39 is 6.04 Å². The second-order valence-electron chi connectivity index (χ2n) is 6.62. The van der Waals surface area contributed by atoms with Crippen LogP contribution in [-0.4, -0.2) is 55.6 Å². The Bertz CT molecular complexity index is 578. The minimum atomic E-state index is -0.604. The zero-order chi connectivity index (χ0) is 18.2. The summed E-state index contributed by atoms with van der Waals surface area (Å²) in [5.41, 5.74) is 7.63. The van der Waals surface area contributed by atoms with Crippen LogP contribution in [0.2, 0.25) is 0 Å². The molecule has 0 bridgehead atoms. The van der Waals surface area contributed by atoms with Crippen LogP contribution in [0.1, 0.15) is 19.4 Å². The Kier molecular flexibility index (Phi) is 12.2. The molecule has 1 saturated heterocycles. The number of anilines is 1. The number of nitrogens with one attached hydrogen (secondary N) is 2. The van der Waals surface area contributed by atoms with Crippen LogP contribution in [0.3, 0.4) is 0 Å². The van der Waals surface area contributed by atoms with Gasteiger partial charge in [-0.3, -0.25) is 14.5 Å². The molecule has 4 N–H and O–H groups in total. The van der Waals surface area contributed by atoms with E-state index in [0.29, 0.717) is 5.69 Å². The van der Waals surface area contributed by atoms with E-state index in [1.54, 1.807) is 0 Å². The Morgan fingerprint density at radius 3 is 2.30 bits per heavy atom. The Labute approximate surface area is 173 Å². The van der Waals surface area contributed by atoms with Gasteiger partial charge in [0.05, 0.1) is 25.8 Å². The molecular weight excluding hydrogens is 391 g/mol. The number of nitrogens with two attached hydrogens (primary N) is 1. The number of benzene rings is 1. The maximum Gasteiger partial charge on any atom is 0.243 e. The number of hydrogen-bond donors (Lipinski definition) is 3. The van der Waals surface area contributed by atoms with E-state index in [1.807, 2.05) is 38.1 Å². The first-order valence-corrected chi connectivity index (χ1v) is 8.68. The summed E-state index contributed by atoms with van der Waals surface area (Å²) in [7, 11) is 0. The van der Waals surface area contributed by atoms with Crippen LogP contribution in [0.25, 0.3) is 0 Å². The number of halogens is 2. The summed E-state index contributed by atoms with van der Waals surface area (Å²) >= 11 is 0. The Morgan fingerprint density at radius 2 is 1.74 bits per heavy atom. The number of hydrogen-bond acceptors (Lipinski definition) is 5. The van der Waals surface area contributed by atoms with Gasteiger partial charge in [0, 0.05) is 25.3 Å². The normalized spacial score (nSPS) is 15.3. The molecule has 27 heavy (non-hydrogen) atoms. The van der Waals surface area contributed by atoms with E-state index in [9.17, 15) is 9.59 Å². The highest BCUT2D eigenvalue weighted by molar-refractivity contribution is 5.95. The van der Waals surface area contributed by atoms with Crippen molar-refractivity contribution in [2.45, 2.75) is 26.4 Å². The molecule has 0 aliphatic carbocycles. The standard InChI is InChI=1S/C18H28N4O3.2ClH/c1-13(2)17(19)18(24)20-11-16(23)21-15-5-3-14(4-6-15)12-22-7-9-25-10-8-22;;/h3-6,13,17H,7-12,19H2,1-2H3,(H,20,24)(H,21,23);2*1H/t17-;;/m0../s1. The predicted octanol–water partition coefficient (Wildman–Crippen LogP) is 1.40. The SMILES string of the molecule is CC(C)[C@H](N)C(=O)NCC(=O)Nc1ccc(CN2CCOCC2)cc1.Cl.Cl. The topological polar surface area (TPSA) is 96.7 Å². The van der Waals surface area contributed by atoms with Gasteiger partial charge in [0.15, 0.2) is 0 Å². The molecule has 2 amide bonds. The largest absolute Gasteiger partial charge is 0.379 e. The van der Waals surface area contributed by atoms with Crippen LogP contribution in [-0.2, 0) is 20.9 Å². The molecule has 1 aliphatic rings. The van der Waals surface area contributed by atoms with Crippen LogP contribution in [0.5, 0.6) is 0 Å². The van der Waals surface area contributed by atoms with Gasteiger partial charge in [0.1, 0.15) is 0 Å². The van der Waals surface area contributed by atoms with Crippen molar-refractivity contribution in [1.82, 2.24) is 10.2 Å². The third-order valence-corrected chi connectivity index (χ3v) is 4.19. The van der Waals surface area contributed by atoms with Crippen molar-refractivity contribution < 1.29 is 14.3 Å². The van der Waals surface area contributed by atoms with E-state index >= 15 is 0 Å². The lowest BCUT2D eigenvalue weighted by Crippen LogP contribution is -2.46. The molecule has 154 valence electrons. The molecule has 1 fully saturated rings. The van der Waals surface area contributed by atoms with Gasteiger partial charge in [-0.15, -0.1) is 24.8 Å². The number of ether oxygens (including phenoxy) is 1. The molecular formula is C18H30Cl2N4O3. The summed E-state index contributed by atoms with van der Waals surface area (Å²) < 4.78 is 5.34. The second-order valence-corrected chi connectivity index (χ2v) is 6.62. The lowest BCUT2D eigenvalue weighted by atomic mass is 10.1. The molecule has 7 nitrogen and oxygen atoms in total. The van der Waals surface area contributed by atoms with Crippen LogP contribution >= 0.6 is 24.8 Å². The van der Waals surface area contributed by atoms with Gasteiger partial charge in [0.25, 0.3) is 0 Å². The van der Waals surface area contributed by atoms with Gasteiger partial charge >= 0.3 is 0 Å². The minimum Gasteiger partial charge on any atom is -0.379 e. The molecule has 0 aromatic heterocycles. The van der Waals surface area contributed by atoms with Crippen LogP contribution in [0, 0.1) is 5.92 Å². The molecule has 1 aromatic carbocycles. The predicted molar refractivity (Wildman–Crippen MR) is 111 cm³/mol. The van der Waals surface area contributed by atoms with Crippen molar-refractivity contribution in [2.24, 2.45) is 11.7 Å². The average Bonchev–Trinajstić information content (AvgIpc) is 2.61. The first kappa shape index (κ1) is 25.6. The minimum absolute atomic E-state index is 0. The van der Waals surface area contributed by atoms with E-state index in [2.05, 4.69) is 15.5 Å². The Balaban J connectivity index is 0.00000338. The first-order chi connectivity index (χ1) is 12.0. The molecule has 2 rings (SSSR count). The molecule has 1 aliphatic heterocycles. The van der Waals surface area contributed by atoms with Gasteiger partial charge < -0.3 is 21.1 Å². The van der Waals surface area contributed by atoms with Gasteiger partial charge in [0.2, 0.25) is 11.8 Å². The third-order valence-electron chi connectivity index (χ3n) is 4.19. The fraction of sp³-hybridized carbons (Fsp3) is 0.556. The van der Waals surface area contributed by atoms with E-state index in [4.69, 9.17) is 10.5 Å². The summed E-state index contributed by atoms with van der Waals surface area (Å²) in [6.45, 7) is 7.95. The summed E-state index contributed by atoms with van der Waals surface area (Å²) in [6, 6.07) is 7.13. The molecule has 1 atom stereocenters. The summed E-state index contributed by atoms with van der Waals surface area (Å²) in [5, 5.41) is 5.32. The van der Waals surface area contributed by atoms with Gasteiger partial charge in [-0.2, -0.15) is 0 Å². The number of morpholine rings is 1. The quantitative estimate of drug-likeness (QED) is 0.619. The van der Waals surface area contributed by atoms with Crippen LogP contribution in [0.4, 0.5) is 5.69 Å². The number of rotatable bonds is 7. The monoisotopic (exact) mass is 420 g/mol. The molecule has 9 heteroatoms. The maximum atomic E-state index is 11.9. The molecule has 0 saturated carbocycles. The summed E-state index contributed by atoms with van der Waals surface area (Å²) in [5.74, 6) is -0.557. The number of carbonyl (C=O) groups is 2. The summed E-state index contributed by atoms with van der Waals surface area (Å²) in [4.78, 5) is 26.0. The Hall–Kier alpha value is -1.38. The van der Waals surface area contributed by atoms with E-state index in [0.717, 1.165) is 32.8 Å². The van der Waals surface area contributed by atoms with Crippen molar-refractivity contribution in [2.75, 3.05) is 38.2 Å². The van der Waals surface area contributed by atoms with Gasteiger partial charge in [-0.1, -0.05) is 26.0 Å². The molecule has 0 spiro atoms. The molecule has 1 aromatic rings. The second kappa shape index (κ2) is 12.9. The van der Waals surface area contributed by atoms with Gasteiger partial charge in [-0.25, -0.2) is 0 Å². The maximum absolute atomic E-state index is 11.9. The van der Waals surface area contributed by atoms with Crippen molar-refractivity contribution in [3.63, 3.8) is 0 Å². The fourth-order valence-corrected chi connectivity index (χ4v) is 2.50. The smallest absolute Gasteiger partial charge is 0.243 e. The van der Waals surface area contributed by atoms with E-state index in [1.165, 1.54) is 5.56 Å². The number of amides is 2. The van der Waals surface area contributed by atoms with Crippen molar-refractivity contribution in [1.29, 1.82) is 0 Å². The Morgan fingerprint density at radius 1 is 1.15 bits per heavy atom. The highest BCUT2D eigenvalue weighted by Gasteiger charge is 2.17. The number of nitrogens with zero attached hydrogens (tertiary/aromatic N) is 1. The van der Waals surface area contributed by atoms with E-state index in [-0.39, 0.29) is 49.1 Å². The summed E-state index contributed by atoms with van der Waals surface area (Å²) in [6.07, 6.45) is 0. The average molecular weight is 421 g/mol. The van der Waals surface area contributed by atoms with Crippen LogP contribution in [0.15, 0.2) is 24.3 Å².